The molecule has 1 aromatic heterocycles. The average molecular weight is 598 g/mol. The summed E-state index contributed by atoms with van der Waals surface area (Å²) in [6.07, 6.45) is 4.80. The largest absolute Gasteiger partial charge is 0.503 e. The van der Waals surface area contributed by atoms with Gasteiger partial charge in [0, 0.05) is 22.7 Å². The Labute approximate surface area is 237 Å². The summed E-state index contributed by atoms with van der Waals surface area (Å²) in [5, 5.41) is 22.9. The number of hydrogen-bond donors (Lipinski definition) is 1. The van der Waals surface area contributed by atoms with Gasteiger partial charge >= 0.3 is 0 Å². The Hall–Kier alpha value is -4.13. The number of Topliss-reactive ketones (excluding diaryl/α,β-unsaturated/α-hetero) is 1. The molecule has 0 saturated heterocycles. The third-order valence-corrected chi connectivity index (χ3v) is 10.1. The third kappa shape index (κ3) is 4.85. The summed E-state index contributed by atoms with van der Waals surface area (Å²) in [5.41, 5.74) is 0.740. The van der Waals surface area contributed by atoms with Crippen LogP contribution in [0.3, 0.4) is 0 Å². The monoisotopic (exact) mass is 597 g/mol. The van der Waals surface area contributed by atoms with Gasteiger partial charge < -0.3 is 5.11 Å². The SMILES string of the molecule is Cc1ccc(S(=O)(=O)c2cnc(N3C(=O)C(O)=C(C(=O)C4=CC=C(Cl)CC4)C3c3cccc([N+](=O)[O-])c3)s2)cc1. The first kappa shape index (κ1) is 27.4. The van der Waals surface area contributed by atoms with Gasteiger partial charge in [0.05, 0.1) is 27.6 Å². The summed E-state index contributed by atoms with van der Waals surface area (Å²) in [4.78, 5) is 43.1. The normalized spacial score (nSPS) is 17.6. The highest BCUT2D eigenvalue weighted by Crippen LogP contribution is 2.45. The fourth-order valence-corrected chi connectivity index (χ4v) is 7.16. The number of aromatic nitrogens is 1. The van der Waals surface area contributed by atoms with E-state index in [-0.39, 0.29) is 43.1 Å². The van der Waals surface area contributed by atoms with Crippen molar-refractivity contribution < 1.29 is 28.0 Å². The molecule has 0 fully saturated rings. The number of ketones is 1. The van der Waals surface area contributed by atoms with Gasteiger partial charge in [-0.15, -0.1) is 0 Å². The van der Waals surface area contributed by atoms with Crippen LogP contribution in [0.15, 0.2) is 97.9 Å². The van der Waals surface area contributed by atoms with E-state index in [1.807, 2.05) is 6.92 Å². The first-order chi connectivity index (χ1) is 19.0. The number of rotatable bonds is 7. The van der Waals surface area contributed by atoms with Crippen molar-refractivity contribution in [1.82, 2.24) is 4.98 Å². The lowest BCUT2D eigenvalue weighted by molar-refractivity contribution is -0.384. The van der Waals surface area contributed by atoms with Gasteiger partial charge in [0.25, 0.3) is 11.6 Å². The van der Waals surface area contributed by atoms with E-state index < -0.39 is 38.3 Å². The summed E-state index contributed by atoms with van der Waals surface area (Å²) in [7, 11) is -3.99. The fourth-order valence-electron chi connectivity index (χ4n) is 4.45. The quantitative estimate of drug-likeness (QED) is 0.277. The number of thiazole rings is 1. The molecular weight excluding hydrogens is 578 g/mol. The Bertz CT molecular complexity index is 1770. The Morgan fingerprint density at radius 3 is 2.55 bits per heavy atom. The number of amides is 1. The number of benzene rings is 2. The highest BCUT2D eigenvalue weighted by atomic mass is 35.5. The molecular formula is C27H20ClN3O7S2. The van der Waals surface area contributed by atoms with Gasteiger partial charge in [0.2, 0.25) is 9.84 Å². The van der Waals surface area contributed by atoms with Crippen LogP contribution in [0.25, 0.3) is 0 Å². The molecule has 1 amide bonds. The molecule has 5 rings (SSSR count). The number of nitrogens with zero attached hydrogens (tertiary/aromatic N) is 3. The number of carbonyl (C=O) groups excluding carboxylic acids is 2. The van der Waals surface area contributed by atoms with Crippen LogP contribution in [0.4, 0.5) is 10.8 Å². The number of carbonyl (C=O) groups is 2. The molecule has 1 aliphatic carbocycles. The lowest BCUT2D eigenvalue weighted by atomic mass is 9.89. The number of hydrogen-bond acceptors (Lipinski definition) is 9. The summed E-state index contributed by atoms with van der Waals surface area (Å²) in [6.45, 7) is 1.82. The lowest BCUT2D eigenvalue weighted by Crippen LogP contribution is -2.31. The van der Waals surface area contributed by atoms with Crippen molar-refractivity contribution >= 4 is 55.3 Å². The smallest absolute Gasteiger partial charge is 0.296 e. The maximum Gasteiger partial charge on any atom is 0.296 e. The molecule has 3 aromatic rings. The zero-order valence-corrected chi connectivity index (χ0v) is 23.2. The van der Waals surface area contributed by atoms with Crippen LogP contribution in [0, 0.1) is 17.0 Å². The summed E-state index contributed by atoms with van der Waals surface area (Å²) < 4.78 is 26.3. The van der Waals surface area contributed by atoms with E-state index in [0.29, 0.717) is 22.8 Å². The minimum Gasteiger partial charge on any atom is -0.503 e. The molecule has 0 spiro atoms. The zero-order chi connectivity index (χ0) is 28.8. The first-order valence-corrected chi connectivity index (χ1v) is 14.6. The highest BCUT2D eigenvalue weighted by Gasteiger charge is 2.46. The second kappa shape index (κ2) is 10.5. The number of aliphatic hydroxyl groups excluding tert-OH is 1. The van der Waals surface area contributed by atoms with Crippen LogP contribution in [0.5, 0.6) is 0 Å². The van der Waals surface area contributed by atoms with Gasteiger partial charge in [0.1, 0.15) is 4.21 Å². The number of anilines is 1. The lowest BCUT2D eigenvalue weighted by Gasteiger charge is -2.25. The molecule has 204 valence electrons. The number of allylic oxidation sites excluding steroid dienone is 4. The van der Waals surface area contributed by atoms with E-state index in [1.165, 1.54) is 42.5 Å². The molecule has 40 heavy (non-hydrogen) atoms. The van der Waals surface area contributed by atoms with Crippen LogP contribution in [0.1, 0.15) is 30.0 Å². The summed E-state index contributed by atoms with van der Waals surface area (Å²) >= 11 is 6.71. The topological polar surface area (TPSA) is 148 Å². The van der Waals surface area contributed by atoms with Crippen molar-refractivity contribution in [2.24, 2.45) is 0 Å². The highest BCUT2D eigenvalue weighted by molar-refractivity contribution is 7.93. The Balaban J connectivity index is 1.62. The minimum absolute atomic E-state index is 0.0315. The second-order valence-electron chi connectivity index (χ2n) is 9.10. The average Bonchev–Trinajstić information content (AvgIpc) is 3.52. The van der Waals surface area contributed by atoms with Crippen molar-refractivity contribution in [3.63, 3.8) is 0 Å². The molecule has 2 heterocycles. The maximum absolute atomic E-state index is 13.6. The standard InChI is InChI=1S/C27H20ClN3O7S2/c1-15-5-11-20(12-6-15)40(37,38)21-14-29-27(39-21)30-23(17-3-2-4-19(13-17)31(35)36)22(25(33)26(30)34)24(32)16-7-9-18(28)10-8-16/h2-7,9,11-14,23,33H,8,10H2,1H3. The Morgan fingerprint density at radius 1 is 1.18 bits per heavy atom. The molecule has 2 aromatic carbocycles. The van der Waals surface area contributed by atoms with Crippen molar-refractivity contribution in [2.45, 2.75) is 34.9 Å². The minimum atomic E-state index is -3.99. The van der Waals surface area contributed by atoms with Gasteiger partial charge in [-0.05, 0) is 43.5 Å². The van der Waals surface area contributed by atoms with Crippen LogP contribution in [0.2, 0.25) is 0 Å². The molecule has 0 saturated carbocycles. The number of sulfone groups is 1. The molecule has 0 radical (unpaired) electrons. The number of nitro groups is 1. The van der Waals surface area contributed by atoms with Crippen molar-refractivity contribution in [3.05, 3.63) is 110 Å². The Kier molecular flexibility index (Phi) is 7.17. The number of halogens is 1. The van der Waals surface area contributed by atoms with E-state index in [4.69, 9.17) is 11.6 Å². The van der Waals surface area contributed by atoms with Crippen molar-refractivity contribution in [1.29, 1.82) is 0 Å². The maximum atomic E-state index is 13.6. The predicted octanol–water partition coefficient (Wildman–Crippen LogP) is 5.50. The Morgan fingerprint density at radius 2 is 1.90 bits per heavy atom. The number of aryl methyl sites for hydroxylation is 1. The molecule has 10 nitrogen and oxygen atoms in total. The third-order valence-electron chi connectivity index (χ3n) is 6.51. The van der Waals surface area contributed by atoms with E-state index in [2.05, 4.69) is 4.98 Å². The van der Waals surface area contributed by atoms with Crippen LogP contribution < -0.4 is 4.90 Å². The zero-order valence-electron chi connectivity index (χ0n) is 20.8. The number of nitro benzene ring substituents is 1. The fraction of sp³-hybridized carbons (Fsp3) is 0.148. The molecule has 1 atom stereocenters. The molecule has 1 aliphatic heterocycles. The van der Waals surface area contributed by atoms with Gasteiger partial charge in [-0.25, -0.2) is 13.4 Å². The molecule has 2 aliphatic rings. The van der Waals surface area contributed by atoms with Crippen LogP contribution >= 0.6 is 22.9 Å². The molecule has 0 bridgehead atoms. The van der Waals surface area contributed by atoms with Gasteiger partial charge in [-0.2, -0.15) is 0 Å². The number of aliphatic hydroxyl groups is 1. The van der Waals surface area contributed by atoms with Gasteiger partial charge in [-0.3, -0.25) is 24.6 Å². The second-order valence-corrected chi connectivity index (χ2v) is 12.8. The van der Waals surface area contributed by atoms with E-state index in [9.17, 15) is 33.2 Å². The molecule has 1 unspecified atom stereocenters. The van der Waals surface area contributed by atoms with E-state index >= 15 is 0 Å². The first-order valence-electron chi connectivity index (χ1n) is 11.9. The van der Waals surface area contributed by atoms with Gasteiger partial charge in [-0.1, -0.05) is 58.8 Å². The summed E-state index contributed by atoms with van der Waals surface area (Å²) in [5.74, 6) is -2.46. The predicted molar refractivity (Wildman–Crippen MR) is 148 cm³/mol. The van der Waals surface area contributed by atoms with Gasteiger partial charge in [0.15, 0.2) is 16.7 Å². The van der Waals surface area contributed by atoms with Crippen LogP contribution in [-0.2, 0) is 19.4 Å². The number of non-ortho nitro benzene ring substituents is 1. The van der Waals surface area contributed by atoms with E-state index in [0.717, 1.165) is 16.7 Å². The van der Waals surface area contributed by atoms with Crippen molar-refractivity contribution in [3.8, 4) is 0 Å². The van der Waals surface area contributed by atoms with Crippen LogP contribution in [-0.4, -0.2) is 35.1 Å². The van der Waals surface area contributed by atoms with E-state index in [1.54, 1.807) is 18.2 Å². The molecule has 1 N–H and O–H groups in total. The molecule has 13 heteroatoms. The van der Waals surface area contributed by atoms with Crippen molar-refractivity contribution in [2.75, 3.05) is 4.90 Å². The summed E-state index contributed by atoms with van der Waals surface area (Å²) in [6, 6.07) is 10.2.